The maximum Gasteiger partial charge on any atom is 0.257 e. The molecule has 5 heteroatoms. The summed E-state index contributed by atoms with van der Waals surface area (Å²) in [6.45, 7) is 6.24. The Labute approximate surface area is 125 Å². The number of likely N-dealkylation sites (tertiary alicyclic amines) is 1. The molecule has 2 amide bonds. The molecule has 0 N–H and O–H groups in total. The Bertz CT molecular complexity index is 464. The van der Waals surface area contributed by atoms with E-state index in [1.165, 1.54) is 12.5 Å². The van der Waals surface area contributed by atoms with Gasteiger partial charge in [-0.1, -0.05) is 6.92 Å². The van der Waals surface area contributed by atoms with Crippen LogP contribution in [0.2, 0.25) is 0 Å². The predicted molar refractivity (Wildman–Crippen MR) is 79.9 cm³/mol. The Morgan fingerprint density at radius 3 is 2.67 bits per heavy atom. The van der Waals surface area contributed by atoms with Crippen molar-refractivity contribution in [2.24, 2.45) is 0 Å². The van der Waals surface area contributed by atoms with Gasteiger partial charge in [-0.2, -0.15) is 0 Å². The molecule has 0 aromatic carbocycles. The molecule has 1 unspecified atom stereocenters. The van der Waals surface area contributed by atoms with Gasteiger partial charge in [-0.25, -0.2) is 0 Å². The van der Waals surface area contributed by atoms with Crippen molar-refractivity contribution in [2.45, 2.75) is 45.6 Å². The van der Waals surface area contributed by atoms with Crippen LogP contribution in [0.5, 0.6) is 0 Å². The largest absolute Gasteiger partial charge is 0.472 e. The van der Waals surface area contributed by atoms with Crippen LogP contribution in [0.15, 0.2) is 23.0 Å². The van der Waals surface area contributed by atoms with Gasteiger partial charge < -0.3 is 14.2 Å². The van der Waals surface area contributed by atoms with Gasteiger partial charge in [0.2, 0.25) is 5.91 Å². The molecule has 0 aliphatic carbocycles. The van der Waals surface area contributed by atoms with Gasteiger partial charge in [0.05, 0.1) is 11.8 Å². The molecule has 1 aromatic heterocycles. The van der Waals surface area contributed by atoms with Gasteiger partial charge in [0.15, 0.2) is 0 Å². The molecule has 0 radical (unpaired) electrons. The Morgan fingerprint density at radius 2 is 2.10 bits per heavy atom. The quantitative estimate of drug-likeness (QED) is 0.809. The Balaban J connectivity index is 1.96. The molecule has 1 fully saturated rings. The Kier molecular flexibility index (Phi) is 5.42. The van der Waals surface area contributed by atoms with Crippen LogP contribution < -0.4 is 0 Å². The highest BCUT2D eigenvalue weighted by atomic mass is 16.3. The van der Waals surface area contributed by atoms with E-state index in [0.717, 1.165) is 32.4 Å². The van der Waals surface area contributed by atoms with Gasteiger partial charge >= 0.3 is 0 Å². The van der Waals surface area contributed by atoms with E-state index in [4.69, 9.17) is 4.42 Å². The minimum absolute atomic E-state index is 0.0627. The predicted octanol–water partition coefficient (Wildman–Crippen LogP) is 2.53. The molecule has 21 heavy (non-hydrogen) atoms. The van der Waals surface area contributed by atoms with Gasteiger partial charge in [-0.05, 0) is 32.3 Å². The van der Waals surface area contributed by atoms with E-state index >= 15 is 0 Å². The number of nitrogens with zero attached hydrogens (tertiary/aromatic N) is 2. The first kappa shape index (κ1) is 15.6. The summed E-state index contributed by atoms with van der Waals surface area (Å²) in [6, 6.07) is 1.78. The van der Waals surface area contributed by atoms with Crippen LogP contribution >= 0.6 is 0 Å². The fourth-order valence-electron chi connectivity index (χ4n) is 2.64. The number of amides is 2. The molecule has 1 aliphatic rings. The topological polar surface area (TPSA) is 53.8 Å². The number of carbonyl (C=O) groups excluding carboxylic acids is 2. The molecule has 2 heterocycles. The maximum absolute atomic E-state index is 12.5. The molecule has 1 aromatic rings. The average molecular weight is 292 g/mol. The van der Waals surface area contributed by atoms with Crippen LogP contribution in [0.3, 0.4) is 0 Å². The first-order valence-electron chi connectivity index (χ1n) is 7.74. The normalized spacial score (nSPS) is 16.0. The van der Waals surface area contributed by atoms with Gasteiger partial charge in [0.25, 0.3) is 5.91 Å². The number of rotatable bonds is 6. The zero-order valence-corrected chi connectivity index (χ0v) is 12.9. The summed E-state index contributed by atoms with van der Waals surface area (Å²) in [5, 5.41) is 0. The van der Waals surface area contributed by atoms with Gasteiger partial charge in [-0.3, -0.25) is 9.59 Å². The van der Waals surface area contributed by atoms with E-state index in [2.05, 4.69) is 0 Å². The van der Waals surface area contributed by atoms with E-state index in [9.17, 15) is 9.59 Å². The lowest BCUT2D eigenvalue weighted by molar-refractivity contribution is -0.130. The summed E-state index contributed by atoms with van der Waals surface area (Å²) in [6.07, 6.45) is 6.40. The Hall–Kier alpha value is -1.78. The first-order valence-corrected chi connectivity index (χ1v) is 7.74. The average Bonchev–Trinajstić information content (AvgIpc) is 3.19. The summed E-state index contributed by atoms with van der Waals surface area (Å²) in [5.41, 5.74) is 0.545. The molecular weight excluding hydrogens is 268 g/mol. The standard InChI is InChI=1S/C16H24N2O3/c1-3-13(2)18(16(20)14-7-11-21-12-14)10-6-15(19)17-8-4-5-9-17/h7,11-13H,3-6,8-10H2,1-2H3. The van der Waals surface area contributed by atoms with Gasteiger partial charge in [0.1, 0.15) is 6.26 Å². The van der Waals surface area contributed by atoms with Crippen molar-refractivity contribution in [1.29, 1.82) is 0 Å². The van der Waals surface area contributed by atoms with Crippen LogP contribution in [0.25, 0.3) is 0 Å². The van der Waals surface area contributed by atoms with Crippen molar-refractivity contribution in [1.82, 2.24) is 9.80 Å². The van der Waals surface area contributed by atoms with Crippen molar-refractivity contribution in [3.8, 4) is 0 Å². The highest BCUT2D eigenvalue weighted by molar-refractivity contribution is 5.94. The molecule has 2 rings (SSSR count). The van der Waals surface area contributed by atoms with E-state index in [-0.39, 0.29) is 17.9 Å². The molecule has 1 aliphatic heterocycles. The minimum Gasteiger partial charge on any atom is -0.472 e. The second-order valence-corrected chi connectivity index (χ2v) is 5.61. The molecule has 1 atom stereocenters. The lowest BCUT2D eigenvalue weighted by Crippen LogP contribution is -2.41. The van der Waals surface area contributed by atoms with Crippen LogP contribution in [-0.4, -0.2) is 47.3 Å². The molecule has 5 nitrogen and oxygen atoms in total. The van der Waals surface area contributed by atoms with E-state index in [0.29, 0.717) is 18.5 Å². The van der Waals surface area contributed by atoms with E-state index in [1.54, 1.807) is 11.0 Å². The molecule has 0 bridgehead atoms. The highest BCUT2D eigenvalue weighted by Crippen LogP contribution is 2.14. The lowest BCUT2D eigenvalue weighted by atomic mass is 10.1. The van der Waals surface area contributed by atoms with Gasteiger partial charge in [0, 0.05) is 32.1 Å². The van der Waals surface area contributed by atoms with Crippen molar-refractivity contribution in [3.63, 3.8) is 0 Å². The van der Waals surface area contributed by atoms with Crippen LogP contribution in [0, 0.1) is 0 Å². The third-order valence-electron chi connectivity index (χ3n) is 4.18. The summed E-state index contributed by atoms with van der Waals surface area (Å²) >= 11 is 0. The molecule has 0 spiro atoms. The first-order chi connectivity index (χ1) is 10.1. The molecule has 0 saturated carbocycles. The zero-order chi connectivity index (χ0) is 15.2. The van der Waals surface area contributed by atoms with Crippen molar-refractivity contribution in [3.05, 3.63) is 24.2 Å². The van der Waals surface area contributed by atoms with Gasteiger partial charge in [-0.15, -0.1) is 0 Å². The smallest absolute Gasteiger partial charge is 0.257 e. The molecule has 1 saturated heterocycles. The molecule has 116 valence electrons. The third kappa shape index (κ3) is 3.86. The number of carbonyl (C=O) groups is 2. The monoisotopic (exact) mass is 292 g/mol. The summed E-state index contributed by atoms with van der Waals surface area (Å²) < 4.78 is 4.98. The van der Waals surface area contributed by atoms with Crippen LogP contribution in [0.1, 0.15) is 49.9 Å². The van der Waals surface area contributed by atoms with E-state index in [1.807, 2.05) is 18.7 Å². The third-order valence-corrected chi connectivity index (χ3v) is 4.18. The fraction of sp³-hybridized carbons (Fsp3) is 0.625. The van der Waals surface area contributed by atoms with Crippen molar-refractivity contribution < 1.29 is 14.0 Å². The summed E-state index contributed by atoms with van der Waals surface area (Å²) in [4.78, 5) is 28.3. The fourth-order valence-corrected chi connectivity index (χ4v) is 2.64. The Morgan fingerprint density at radius 1 is 1.38 bits per heavy atom. The second kappa shape index (κ2) is 7.29. The molecular formula is C16H24N2O3. The van der Waals surface area contributed by atoms with Crippen molar-refractivity contribution >= 4 is 11.8 Å². The van der Waals surface area contributed by atoms with Crippen LogP contribution in [0.4, 0.5) is 0 Å². The SMILES string of the molecule is CCC(C)N(CCC(=O)N1CCCC1)C(=O)c1ccoc1. The summed E-state index contributed by atoms with van der Waals surface area (Å²) in [5.74, 6) is 0.0909. The lowest BCUT2D eigenvalue weighted by Gasteiger charge is -2.28. The number of furan rings is 1. The maximum atomic E-state index is 12.5. The summed E-state index contributed by atoms with van der Waals surface area (Å²) in [7, 11) is 0. The number of hydrogen-bond donors (Lipinski definition) is 0. The van der Waals surface area contributed by atoms with Crippen molar-refractivity contribution in [2.75, 3.05) is 19.6 Å². The number of hydrogen-bond acceptors (Lipinski definition) is 3. The highest BCUT2D eigenvalue weighted by Gasteiger charge is 2.24. The zero-order valence-electron chi connectivity index (χ0n) is 12.9. The van der Waals surface area contributed by atoms with Crippen LogP contribution in [-0.2, 0) is 4.79 Å². The second-order valence-electron chi connectivity index (χ2n) is 5.61. The van der Waals surface area contributed by atoms with E-state index < -0.39 is 0 Å². The minimum atomic E-state index is -0.0627.